The van der Waals surface area contributed by atoms with E-state index in [1.807, 2.05) is 31.2 Å². The Morgan fingerprint density at radius 1 is 1.31 bits per heavy atom. The van der Waals surface area contributed by atoms with Crippen LogP contribution in [0.5, 0.6) is 5.75 Å². The summed E-state index contributed by atoms with van der Waals surface area (Å²) < 4.78 is 7.04. The van der Waals surface area contributed by atoms with Gasteiger partial charge in [-0.25, -0.2) is 9.67 Å². The molecule has 0 spiro atoms. The van der Waals surface area contributed by atoms with E-state index in [1.165, 1.54) is 6.42 Å². The van der Waals surface area contributed by atoms with Gasteiger partial charge in [0.05, 0.1) is 34.5 Å². The summed E-state index contributed by atoms with van der Waals surface area (Å²) in [7, 11) is 1.62. The molecule has 7 heteroatoms. The smallest absolute Gasteiger partial charge is 0.254 e. The number of halogens is 1. The molecule has 2 atom stereocenters. The first-order valence-electron chi connectivity index (χ1n) is 9.98. The van der Waals surface area contributed by atoms with Gasteiger partial charge in [-0.15, -0.1) is 0 Å². The first-order chi connectivity index (χ1) is 14.0. The van der Waals surface area contributed by atoms with E-state index in [2.05, 4.69) is 22.3 Å². The topological polar surface area (TPSA) is 69.0 Å². The van der Waals surface area contributed by atoms with Gasteiger partial charge in [-0.05, 0) is 37.8 Å². The Kier molecular flexibility index (Phi) is 5.46. The number of aromatic nitrogens is 3. The van der Waals surface area contributed by atoms with Gasteiger partial charge in [-0.3, -0.25) is 4.79 Å². The molecule has 4 rings (SSSR count). The molecule has 1 aromatic carbocycles. The Labute approximate surface area is 175 Å². The van der Waals surface area contributed by atoms with Crippen LogP contribution in [0.2, 0.25) is 5.02 Å². The van der Waals surface area contributed by atoms with Crippen molar-refractivity contribution in [3.63, 3.8) is 0 Å². The van der Waals surface area contributed by atoms with Gasteiger partial charge in [0.25, 0.3) is 5.91 Å². The van der Waals surface area contributed by atoms with Crippen molar-refractivity contribution in [2.24, 2.45) is 5.92 Å². The van der Waals surface area contributed by atoms with E-state index in [1.54, 1.807) is 18.0 Å². The van der Waals surface area contributed by atoms with Crippen molar-refractivity contribution in [3.05, 3.63) is 46.7 Å². The average molecular weight is 413 g/mol. The number of amides is 1. The number of pyridine rings is 1. The van der Waals surface area contributed by atoms with E-state index in [9.17, 15) is 4.79 Å². The molecule has 29 heavy (non-hydrogen) atoms. The summed E-state index contributed by atoms with van der Waals surface area (Å²) in [5.74, 6) is 1.03. The number of benzene rings is 1. The van der Waals surface area contributed by atoms with Crippen molar-refractivity contribution in [1.82, 2.24) is 20.1 Å². The van der Waals surface area contributed by atoms with E-state index in [4.69, 9.17) is 16.3 Å². The van der Waals surface area contributed by atoms with Crippen molar-refractivity contribution in [2.45, 2.75) is 45.6 Å². The largest absolute Gasteiger partial charge is 0.497 e. The molecule has 0 saturated heterocycles. The molecule has 1 aliphatic carbocycles. The molecule has 0 unspecified atom stereocenters. The fraction of sp³-hybridized carbons (Fsp3) is 0.409. The second-order valence-corrected chi connectivity index (χ2v) is 8.10. The minimum Gasteiger partial charge on any atom is -0.497 e. The molecule has 152 valence electrons. The van der Waals surface area contributed by atoms with Crippen LogP contribution in [0.25, 0.3) is 16.7 Å². The predicted octanol–water partition coefficient (Wildman–Crippen LogP) is 4.70. The summed E-state index contributed by atoms with van der Waals surface area (Å²) >= 11 is 6.68. The number of nitrogens with zero attached hydrogens (tertiary/aromatic N) is 3. The van der Waals surface area contributed by atoms with Crippen molar-refractivity contribution in [3.8, 4) is 11.4 Å². The Balaban J connectivity index is 1.71. The second-order valence-electron chi connectivity index (χ2n) is 7.72. The molecule has 2 heterocycles. The molecule has 3 aromatic rings. The first kappa shape index (κ1) is 19.7. The highest BCUT2D eigenvalue weighted by molar-refractivity contribution is 6.38. The first-order valence-corrected chi connectivity index (χ1v) is 10.4. The fourth-order valence-corrected chi connectivity index (χ4v) is 4.42. The van der Waals surface area contributed by atoms with Gasteiger partial charge in [0.1, 0.15) is 5.75 Å². The third-order valence-corrected chi connectivity index (χ3v) is 6.17. The normalized spacial score (nSPS) is 19.3. The number of carbonyl (C=O) groups excluding carboxylic acids is 1. The van der Waals surface area contributed by atoms with Crippen molar-refractivity contribution in [1.29, 1.82) is 0 Å². The fourth-order valence-electron chi connectivity index (χ4n) is 4.07. The van der Waals surface area contributed by atoms with Gasteiger partial charge in [-0.1, -0.05) is 37.4 Å². The van der Waals surface area contributed by atoms with Crippen LogP contribution in [0.3, 0.4) is 0 Å². The van der Waals surface area contributed by atoms with E-state index in [0.717, 1.165) is 36.4 Å². The molecule has 0 bridgehead atoms. The maximum Gasteiger partial charge on any atom is 0.254 e. The molecular weight excluding hydrogens is 388 g/mol. The van der Waals surface area contributed by atoms with Gasteiger partial charge < -0.3 is 10.1 Å². The second kappa shape index (κ2) is 8.03. The van der Waals surface area contributed by atoms with E-state index in [0.29, 0.717) is 27.5 Å². The van der Waals surface area contributed by atoms with Crippen molar-refractivity contribution in [2.75, 3.05) is 7.11 Å². The summed E-state index contributed by atoms with van der Waals surface area (Å²) in [6.07, 6.45) is 6.07. The SMILES string of the molecule is COc1cccc(-n2nc(C)c3c(Cl)c(C(=O)N[C@@H]4CCCC[C@H]4C)cnc32)c1. The Hall–Kier alpha value is -2.60. The molecule has 1 N–H and O–H groups in total. The number of aryl methyl sites for hydroxylation is 1. The highest BCUT2D eigenvalue weighted by atomic mass is 35.5. The third kappa shape index (κ3) is 3.69. The minimum atomic E-state index is -0.170. The number of fused-ring (bicyclic) bond motifs is 1. The number of carbonyl (C=O) groups is 1. The zero-order valence-corrected chi connectivity index (χ0v) is 17.7. The Morgan fingerprint density at radius 3 is 2.86 bits per heavy atom. The molecule has 0 aliphatic heterocycles. The van der Waals surface area contributed by atoms with Crippen LogP contribution in [-0.4, -0.2) is 33.8 Å². The maximum absolute atomic E-state index is 12.9. The molecule has 1 fully saturated rings. The maximum atomic E-state index is 12.9. The van der Waals surface area contributed by atoms with Gasteiger partial charge >= 0.3 is 0 Å². The highest BCUT2D eigenvalue weighted by Crippen LogP contribution is 2.31. The van der Waals surface area contributed by atoms with Gasteiger partial charge in [-0.2, -0.15) is 5.10 Å². The monoisotopic (exact) mass is 412 g/mol. The van der Waals surface area contributed by atoms with E-state index < -0.39 is 0 Å². The summed E-state index contributed by atoms with van der Waals surface area (Å²) in [5.41, 5.74) is 2.55. The molecule has 1 saturated carbocycles. The van der Waals surface area contributed by atoms with Gasteiger partial charge in [0.2, 0.25) is 0 Å². The summed E-state index contributed by atoms with van der Waals surface area (Å²) in [6.45, 7) is 4.06. The number of rotatable bonds is 4. The van der Waals surface area contributed by atoms with Gasteiger partial charge in [0.15, 0.2) is 5.65 Å². The lowest BCUT2D eigenvalue weighted by atomic mass is 9.86. The number of methoxy groups -OCH3 is 1. The standard InChI is InChI=1S/C22H25ClN4O2/c1-13-7-4-5-10-18(13)25-22(28)17-12-24-21-19(20(17)23)14(2)26-27(21)15-8-6-9-16(11-15)29-3/h6,8-9,11-13,18H,4-5,7,10H2,1-3H3,(H,25,28)/t13-,18-/m1/s1. The molecule has 2 aromatic heterocycles. The van der Waals surface area contributed by atoms with E-state index >= 15 is 0 Å². The lowest BCUT2D eigenvalue weighted by Gasteiger charge is -2.29. The van der Waals surface area contributed by atoms with Crippen LogP contribution in [0, 0.1) is 12.8 Å². The van der Waals surface area contributed by atoms with Gasteiger partial charge in [0, 0.05) is 18.3 Å². The quantitative estimate of drug-likeness (QED) is 0.674. The summed E-state index contributed by atoms with van der Waals surface area (Å²) in [4.78, 5) is 17.5. The molecule has 1 amide bonds. The van der Waals surface area contributed by atoms with Crippen LogP contribution in [-0.2, 0) is 0 Å². The van der Waals surface area contributed by atoms with Crippen LogP contribution in [0.15, 0.2) is 30.5 Å². The van der Waals surface area contributed by atoms with Crippen LogP contribution >= 0.6 is 11.6 Å². The molecule has 6 nitrogen and oxygen atoms in total. The summed E-state index contributed by atoms with van der Waals surface area (Å²) in [5, 5.41) is 8.85. The minimum absolute atomic E-state index is 0.170. The Bertz CT molecular complexity index is 1060. The highest BCUT2D eigenvalue weighted by Gasteiger charge is 2.26. The zero-order chi connectivity index (χ0) is 20.5. The third-order valence-electron chi connectivity index (χ3n) is 5.78. The average Bonchev–Trinajstić information content (AvgIpc) is 3.07. The van der Waals surface area contributed by atoms with E-state index in [-0.39, 0.29) is 11.9 Å². The van der Waals surface area contributed by atoms with Crippen LogP contribution in [0.1, 0.15) is 48.7 Å². The van der Waals surface area contributed by atoms with Crippen LogP contribution in [0.4, 0.5) is 0 Å². The summed E-state index contributed by atoms with van der Waals surface area (Å²) in [6, 6.07) is 7.76. The lowest BCUT2D eigenvalue weighted by molar-refractivity contribution is 0.0910. The number of hydrogen-bond donors (Lipinski definition) is 1. The van der Waals surface area contributed by atoms with Crippen molar-refractivity contribution < 1.29 is 9.53 Å². The number of ether oxygens (including phenoxy) is 1. The number of hydrogen-bond acceptors (Lipinski definition) is 4. The van der Waals surface area contributed by atoms with Crippen LogP contribution < -0.4 is 10.1 Å². The number of nitrogens with one attached hydrogen (secondary N) is 1. The van der Waals surface area contributed by atoms with Crippen molar-refractivity contribution >= 4 is 28.5 Å². The predicted molar refractivity (Wildman–Crippen MR) is 114 cm³/mol. The Morgan fingerprint density at radius 2 is 2.10 bits per heavy atom. The zero-order valence-electron chi connectivity index (χ0n) is 16.9. The molecular formula is C22H25ClN4O2. The lowest BCUT2D eigenvalue weighted by Crippen LogP contribution is -2.41. The molecule has 1 aliphatic rings. The molecule has 0 radical (unpaired) electrons.